The molecule has 10 heavy (non-hydrogen) atoms. The largest absolute Gasteiger partial charge is 0.0626 e. The fraction of sp³-hybridized carbons (Fsp3) is 0.400. The Morgan fingerprint density at radius 3 is 2.60 bits per heavy atom. The number of hydrogen-bond donors (Lipinski definition) is 0. The van der Waals surface area contributed by atoms with Crippen molar-refractivity contribution >= 4 is 0 Å². The summed E-state index contributed by atoms with van der Waals surface area (Å²) in [6, 6.07) is -0.647. The van der Waals surface area contributed by atoms with Gasteiger partial charge in [-0.25, -0.2) is 0 Å². The number of benzene rings is 1. The van der Waals surface area contributed by atoms with E-state index in [-0.39, 0.29) is 24.2 Å². The van der Waals surface area contributed by atoms with Crippen molar-refractivity contribution < 1.29 is 6.85 Å². The van der Waals surface area contributed by atoms with Gasteiger partial charge in [0.05, 0.1) is 5.48 Å². The zero-order valence-electron chi connectivity index (χ0n) is 11.5. The van der Waals surface area contributed by atoms with Crippen molar-refractivity contribution in [2.45, 2.75) is 26.7 Å². The molecule has 0 aliphatic carbocycles. The summed E-state index contributed by atoms with van der Waals surface area (Å²) in [5, 5.41) is 0. The molecule has 0 fully saturated rings. The van der Waals surface area contributed by atoms with E-state index in [4.69, 9.17) is 6.85 Å². The zero-order valence-corrected chi connectivity index (χ0v) is 6.50. The van der Waals surface area contributed by atoms with Gasteiger partial charge in [0.25, 0.3) is 0 Å². The molecule has 0 N–H and O–H groups in total. The minimum atomic E-state index is -1.01. The van der Waals surface area contributed by atoms with Gasteiger partial charge in [-0.15, -0.1) is 0 Å². The van der Waals surface area contributed by atoms with Gasteiger partial charge in [-0.05, 0) is 23.9 Å². The molecular formula is C10H14. The molecule has 1 aromatic rings. The molecule has 0 saturated heterocycles. The SMILES string of the molecule is [2H]c1c([2H])c([2H])c(C([2H])(C)C)c(C)c1[2H]. The van der Waals surface area contributed by atoms with E-state index in [0.717, 1.165) is 0 Å². The van der Waals surface area contributed by atoms with E-state index in [9.17, 15) is 0 Å². The zero-order chi connectivity index (χ0) is 12.0. The second-order valence-electron chi connectivity index (χ2n) is 2.50. The normalized spacial score (nSPS) is 18.5. The minimum Gasteiger partial charge on any atom is -0.0620 e. The van der Waals surface area contributed by atoms with Crippen LogP contribution in [-0.4, -0.2) is 0 Å². The molecule has 0 atom stereocenters. The summed E-state index contributed by atoms with van der Waals surface area (Å²) in [5.41, 5.74) is 0.828. The van der Waals surface area contributed by atoms with Crippen molar-refractivity contribution in [3.63, 3.8) is 0 Å². The van der Waals surface area contributed by atoms with E-state index >= 15 is 0 Å². The summed E-state index contributed by atoms with van der Waals surface area (Å²) in [7, 11) is 0. The maximum Gasteiger partial charge on any atom is 0.0626 e. The van der Waals surface area contributed by atoms with Crippen LogP contribution in [0, 0.1) is 6.92 Å². The third kappa shape index (κ3) is 1.38. The first-order valence-corrected chi connectivity index (χ1v) is 3.25. The quantitative estimate of drug-likeness (QED) is 0.560. The monoisotopic (exact) mass is 139 g/mol. The minimum absolute atomic E-state index is 0.0497. The molecule has 0 radical (unpaired) electrons. The van der Waals surface area contributed by atoms with Crippen LogP contribution in [0.4, 0.5) is 0 Å². The van der Waals surface area contributed by atoms with Crippen LogP contribution < -0.4 is 0 Å². The van der Waals surface area contributed by atoms with Gasteiger partial charge in [0, 0.05) is 1.37 Å². The van der Waals surface area contributed by atoms with Crippen LogP contribution in [0.1, 0.15) is 37.7 Å². The lowest BCUT2D eigenvalue weighted by Gasteiger charge is -2.07. The summed E-state index contributed by atoms with van der Waals surface area (Å²) in [6.45, 7) is 4.87. The van der Waals surface area contributed by atoms with Gasteiger partial charge < -0.3 is 0 Å². The highest BCUT2D eigenvalue weighted by Crippen LogP contribution is 2.17. The third-order valence-corrected chi connectivity index (χ3v) is 1.38. The summed E-state index contributed by atoms with van der Waals surface area (Å²) in [4.78, 5) is 0. The van der Waals surface area contributed by atoms with Gasteiger partial charge in [0.1, 0.15) is 0 Å². The van der Waals surface area contributed by atoms with Crippen LogP contribution in [0.5, 0.6) is 0 Å². The highest BCUT2D eigenvalue weighted by atomic mass is 14.0. The van der Waals surface area contributed by atoms with Crippen LogP contribution in [0.2, 0.25) is 0 Å². The van der Waals surface area contributed by atoms with E-state index < -0.39 is 5.89 Å². The van der Waals surface area contributed by atoms with Crippen LogP contribution in [-0.2, 0) is 0 Å². The van der Waals surface area contributed by atoms with Crippen LogP contribution in [0.25, 0.3) is 0 Å². The van der Waals surface area contributed by atoms with Gasteiger partial charge in [0.15, 0.2) is 0 Å². The van der Waals surface area contributed by atoms with Crippen LogP contribution in [0.3, 0.4) is 0 Å². The lowest BCUT2D eigenvalue weighted by Crippen LogP contribution is -1.89. The fourth-order valence-electron chi connectivity index (χ4n) is 0.875. The Balaban J connectivity index is 3.68. The number of hydrogen-bond acceptors (Lipinski definition) is 0. The molecule has 0 aliphatic heterocycles. The van der Waals surface area contributed by atoms with E-state index in [2.05, 4.69) is 0 Å². The van der Waals surface area contributed by atoms with Gasteiger partial charge in [0.2, 0.25) is 0 Å². The Hall–Kier alpha value is -0.780. The Morgan fingerprint density at radius 1 is 1.40 bits per heavy atom. The summed E-state index contributed by atoms with van der Waals surface area (Å²) in [5.74, 6) is -1.01. The second-order valence-corrected chi connectivity index (χ2v) is 2.50. The maximum atomic E-state index is 7.87. The molecule has 0 spiro atoms. The average molecular weight is 139 g/mol. The van der Waals surface area contributed by atoms with Crippen LogP contribution in [0.15, 0.2) is 24.2 Å². The van der Waals surface area contributed by atoms with Crippen molar-refractivity contribution in [3.05, 3.63) is 35.3 Å². The maximum absolute atomic E-state index is 7.87. The van der Waals surface area contributed by atoms with Gasteiger partial charge in [-0.1, -0.05) is 38.0 Å². The molecule has 0 unspecified atom stereocenters. The Bertz CT molecular complexity index is 374. The molecule has 1 rings (SSSR count). The van der Waals surface area contributed by atoms with E-state index in [1.54, 1.807) is 20.8 Å². The molecule has 0 nitrogen and oxygen atoms in total. The summed E-state index contributed by atoms with van der Waals surface area (Å²) in [6.07, 6.45) is 0. The van der Waals surface area contributed by atoms with Gasteiger partial charge in [-0.2, -0.15) is 0 Å². The smallest absolute Gasteiger partial charge is 0.0620 e. The average Bonchev–Trinajstić information content (AvgIpc) is 2.09. The molecular weight excluding hydrogens is 120 g/mol. The standard InChI is InChI=1S/C10H14/c1-8(2)10-7-5-4-6-9(10)3/h4-8H,1-3H3/i4D,5D,6D,7D,8D. The van der Waals surface area contributed by atoms with E-state index in [0.29, 0.717) is 11.1 Å². The summed E-state index contributed by atoms with van der Waals surface area (Å²) >= 11 is 0. The lowest BCUT2D eigenvalue weighted by atomic mass is 9.99. The Kier molecular flexibility index (Phi) is 0.884. The first kappa shape index (κ1) is 3.08. The highest BCUT2D eigenvalue weighted by molar-refractivity contribution is 5.27. The predicted octanol–water partition coefficient (Wildman–Crippen LogP) is 3.12. The van der Waals surface area contributed by atoms with Gasteiger partial charge in [-0.3, -0.25) is 0 Å². The van der Waals surface area contributed by atoms with Gasteiger partial charge >= 0.3 is 0 Å². The first-order chi connectivity index (χ1) is 6.68. The number of rotatable bonds is 1. The fourth-order valence-corrected chi connectivity index (χ4v) is 0.875. The Morgan fingerprint density at radius 2 is 2.00 bits per heavy atom. The van der Waals surface area contributed by atoms with Crippen molar-refractivity contribution in [1.82, 2.24) is 0 Å². The van der Waals surface area contributed by atoms with E-state index in [1.807, 2.05) is 0 Å². The van der Waals surface area contributed by atoms with Crippen LogP contribution >= 0.6 is 0 Å². The van der Waals surface area contributed by atoms with E-state index in [1.165, 1.54) is 0 Å². The summed E-state index contributed by atoms with van der Waals surface area (Å²) < 4.78 is 38.2. The predicted molar refractivity (Wildman–Crippen MR) is 45.3 cm³/mol. The second kappa shape index (κ2) is 2.87. The molecule has 54 valence electrons. The lowest BCUT2D eigenvalue weighted by molar-refractivity contribution is 0.856. The van der Waals surface area contributed by atoms with Crippen molar-refractivity contribution in [3.8, 4) is 0 Å². The molecule has 0 heterocycles. The molecule has 0 saturated carbocycles. The molecule has 1 aromatic carbocycles. The van der Waals surface area contributed by atoms with Crippen molar-refractivity contribution in [1.29, 1.82) is 0 Å². The molecule has 0 heteroatoms. The Labute approximate surface area is 69.9 Å². The molecule has 0 amide bonds. The van der Waals surface area contributed by atoms with Crippen molar-refractivity contribution in [2.75, 3.05) is 0 Å². The molecule has 0 aliphatic rings. The highest BCUT2D eigenvalue weighted by Gasteiger charge is 1.99. The molecule has 0 aromatic heterocycles. The first-order valence-electron chi connectivity index (χ1n) is 5.75. The third-order valence-electron chi connectivity index (χ3n) is 1.38. The molecule has 0 bridgehead atoms. The van der Waals surface area contributed by atoms with Crippen molar-refractivity contribution in [2.24, 2.45) is 0 Å². The topological polar surface area (TPSA) is 0 Å².